The Morgan fingerprint density at radius 2 is 1.29 bits per heavy atom. The van der Waals surface area contributed by atoms with Crippen LogP contribution in [0.5, 0.6) is 5.88 Å². The zero-order valence-corrected chi connectivity index (χ0v) is 17.4. The molecule has 1 N–H and O–H groups in total. The zero-order chi connectivity index (χ0) is 25.0. The van der Waals surface area contributed by atoms with Crippen molar-refractivity contribution < 1.29 is 70.9 Å². The van der Waals surface area contributed by atoms with Gasteiger partial charge in [0, 0.05) is 28.7 Å². The molecule has 0 atom stereocenters. The minimum absolute atomic E-state index is 0. The number of aromatic hydroxyl groups is 1. The van der Waals surface area contributed by atoms with Crippen LogP contribution in [0.3, 0.4) is 0 Å². The maximum absolute atomic E-state index is 14.1. The average Bonchev–Trinajstić information content (AvgIpc) is 2.98. The van der Waals surface area contributed by atoms with E-state index in [-0.39, 0.29) is 46.0 Å². The van der Waals surface area contributed by atoms with Crippen LogP contribution in [-0.4, -0.2) is 20.7 Å². The summed E-state index contributed by atoms with van der Waals surface area (Å²) in [6.45, 7) is 0.910. The Kier molecular flexibility index (Phi) is 7.15. The number of carbonyl (C=O) groups is 1. The number of halogens is 10. The third-order valence-electron chi connectivity index (χ3n) is 4.41. The van der Waals surface area contributed by atoms with Crippen molar-refractivity contribution in [1.29, 1.82) is 0 Å². The predicted octanol–water partition coefficient (Wildman–Crippen LogP) is 5.71. The number of benzene rings is 2. The van der Waals surface area contributed by atoms with Crippen LogP contribution >= 0.6 is 0 Å². The molecule has 4 nitrogen and oxygen atoms in total. The number of carbonyl (C=O) groups excluding carboxylic acids is 1. The van der Waals surface area contributed by atoms with Gasteiger partial charge < -0.3 is 5.11 Å². The predicted molar refractivity (Wildman–Crippen MR) is 89.7 cm³/mol. The van der Waals surface area contributed by atoms with Crippen molar-refractivity contribution in [3.05, 3.63) is 75.5 Å². The van der Waals surface area contributed by atoms with Crippen molar-refractivity contribution in [2.24, 2.45) is 0 Å². The summed E-state index contributed by atoms with van der Waals surface area (Å²) in [6.07, 6.45) is -10.6. The third kappa shape index (κ3) is 4.75. The fourth-order valence-electron chi connectivity index (χ4n) is 2.91. The van der Waals surface area contributed by atoms with Gasteiger partial charge in [0.15, 0.2) is 29.1 Å². The van der Waals surface area contributed by atoms with Crippen LogP contribution in [0.2, 0.25) is 0 Å². The molecule has 1 radical (unpaired) electrons. The number of aromatic nitrogens is 2. The van der Waals surface area contributed by atoms with Crippen molar-refractivity contribution in [2.75, 3.05) is 0 Å². The number of nitrogens with zero attached hydrogens (tertiary/aromatic N) is 2. The number of hydrogen-bond donors (Lipinski definition) is 1. The first-order valence-electron chi connectivity index (χ1n) is 8.50. The average molecular weight is 541 g/mol. The Labute approximate surface area is 193 Å². The van der Waals surface area contributed by atoms with Crippen LogP contribution in [0.4, 0.5) is 43.9 Å². The van der Waals surface area contributed by atoms with Crippen molar-refractivity contribution in [3.63, 3.8) is 0 Å². The number of aryl methyl sites for hydroxylation is 1. The fraction of sp³-hybridized carbons (Fsp3) is 0.158. The molecule has 3 rings (SSSR count). The molecular weight excluding hydrogens is 533 g/mol. The van der Waals surface area contributed by atoms with Gasteiger partial charge in [-0.05, 0) is 25.1 Å². The van der Waals surface area contributed by atoms with Gasteiger partial charge in [-0.25, -0.2) is 17.6 Å². The molecule has 0 amide bonds. The number of ketones is 1. The van der Waals surface area contributed by atoms with E-state index >= 15 is 0 Å². The summed E-state index contributed by atoms with van der Waals surface area (Å²) in [6, 6.07) is -0.268. The van der Waals surface area contributed by atoms with E-state index in [1.807, 2.05) is 0 Å². The molecule has 3 aromatic rings. The zero-order valence-electron chi connectivity index (χ0n) is 16.2. The first kappa shape index (κ1) is 27.2. The van der Waals surface area contributed by atoms with Crippen LogP contribution < -0.4 is 0 Å². The second-order valence-electron chi connectivity index (χ2n) is 6.64. The standard InChI is InChI=1S/C19H8F10N2O2.Mn/c1-6-12(17(33)31(30-6)15-13(22)10(20)5-11(21)14(15)23)16(32)7-2-8(18(24,25)26)4-9(3-7)19(27,28)29;/h2-5,33H,1H3;. The van der Waals surface area contributed by atoms with Crippen molar-refractivity contribution in [1.82, 2.24) is 9.78 Å². The largest absolute Gasteiger partial charge is 0.493 e. The van der Waals surface area contributed by atoms with E-state index in [1.54, 1.807) is 0 Å². The number of alkyl halides is 6. The molecule has 2 aromatic carbocycles. The second kappa shape index (κ2) is 8.95. The summed E-state index contributed by atoms with van der Waals surface area (Å²) >= 11 is 0. The van der Waals surface area contributed by atoms with E-state index in [9.17, 15) is 53.8 Å². The van der Waals surface area contributed by atoms with Gasteiger partial charge in [0.1, 0.15) is 11.3 Å². The molecule has 15 heteroatoms. The molecule has 0 fully saturated rings. The maximum atomic E-state index is 14.1. The molecule has 0 aliphatic carbocycles. The van der Waals surface area contributed by atoms with Gasteiger partial charge in [0.2, 0.25) is 5.88 Å². The van der Waals surface area contributed by atoms with Crippen LogP contribution in [0.1, 0.15) is 32.7 Å². The molecule has 0 spiro atoms. The molecular formula is C19H8F10MnN2O2. The molecule has 0 aliphatic heterocycles. The normalized spacial score (nSPS) is 12.0. The first-order chi connectivity index (χ1) is 15.0. The Morgan fingerprint density at radius 3 is 1.71 bits per heavy atom. The Hall–Kier alpha value is -3.06. The molecule has 1 aromatic heterocycles. The molecule has 0 saturated carbocycles. The van der Waals surface area contributed by atoms with E-state index in [0.717, 1.165) is 6.92 Å². The summed E-state index contributed by atoms with van der Waals surface area (Å²) in [5, 5.41) is 13.6. The van der Waals surface area contributed by atoms with Crippen LogP contribution in [-0.2, 0) is 29.4 Å². The van der Waals surface area contributed by atoms with Gasteiger partial charge in [0.05, 0.1) is 16.8 Å². The van der Waals surface area contributed by atoms with Gasteiger partial charge in [0.25, 0.3) is 0 Å². The molecule has 183 valence electrons. The van der Waals surface area contributed by atoms with E-state index < -0.39 is 80.9 Å². The quantitative estimate of drug-likeness (QED) is 0.200. The number of hydrogen-bond acceptors (Lipinski definition) is 3. The molecule has 0 unspecified atom stereocenters. The number of rotatable bonds is 3. The smallest absolute Gasteiger partial charge is 0.416 e. The van der Waals surface area contributed by atoms with Crippen molar-refractivity contribution in [2.45, 2.75) is 19.3 Å². The Morgan fingerprint density at radius 1 is 0.853 bits per heavy atom. The minimum atomic E-state index is -5.29. The third-order valence-corrected chi connectivity index (χ3v) is 4.41. The Bertz CT molecular complexity index is 1220. The molecule has 1 heterocycles. The molecule has 34 heavy (non-hydrogen) atoms. The first-order valence-corrected chi connectivity index (χ1v) is 8.50. The van der Waals surface area contributed by atoms with Gasteiger partial charge in [-0.2, -0.15) is 36.1 Å². The van der Waals surface area contributed by atoms with Crippen LogP contribution in [0, 0.1) is 30.2 Å². The minimum Gasteiger partial charge on any atom is -0.493 e. The fourth-order valence-corrected chi connectivity index (χ4v) is 2.91. The van der Waals surface area contributed by atoms with Crippen LogP contribution in [0.15, 0.2) is 24.3 Å². The van der Waals surface area contributed by atoms with Crippen LogP contribution in [0.25, 0.3) is 5.69 Å². The monoisotopic (exact) mass is 541 g/mol. The SMILES string of the molecule is Cc1nn(-c2c(F)c(F)cc(F)c2F)c(O)c1C(=O)c1cc(C(F)(F)F)cc(C(F)(F)F)c1.[Mn]. The summed E-state index contributed by atoms with van der Waals surface area (Å²) in [4.78, 5) is 12.7. The molecule has 0 bridgehead atoms. The van der Waals surface area contributed by atoms with E-state index in [4.69, 9.17) is 0 Å². The Balaban J connectivity index is 0.00000408. The van der Waals surface area contributed by atoms with E-state index in [2.05, 4.69) is 5.10 Å². The van der Waals surface area contributed by atoms with Crippen molar-refractivity contribution >= 4 is 5.78 Å². The molecule has 0 aliphatic rings. The van der Waals surface area contributed by atoms with Gasteiger partial charge in [-0.3, -0.25) is 4.79 Å². The maximum Gasteiger partial charge on any atom is 0.416 e. The van der Waals surface area contributed by atoms with Gasteiger partial charge >= 0.3 is 12.4 Å². The topological polar surface area (TPSA) is 55.1 Å². The molecule has 0 saturated heterocycles. The van der Waals surface area contributed by atoms with E-state index in [0.29, 0.717) is 0 Å². The summed E-state index contributed by atoms with van der Waals surface area (Å²) in [5.41, 5.74) is -8.14. The van der Waals surface area contributed by atoms with Crippen molar-refractivity contribution in [3.8, 4) is 11.6 Å². The summed E-state index contributed by atoms with van der Waals surface area (Å²) in [5.74, 6) is -11.0. The summed E-state index contributed by atoms with van der Waals surface area (Å²) in [7, 11) is 0. The van der Waals surface area contributed by atoms with E-state index in [1.165, 1.54) is 0 Å². The second-order valence-corrected chi connectivity index (χ2v) is 6.64. The van der Waals surface area contributed by atoms with Gasteiger partial charge in [-0.15, -0.1) is 0 Å². The van der Waals surface area contributed by atoms with Gasteiger partial charge in [-0.1, -0.05) is 0 Å². The summed E-state index contributed by atoms with van der Waals surface area (Å²) < 4.78 is 133.